The minimum atomic E-state index is -3.55. The minimum absolute atomic E-state index is 0.144. The fourth-order valence-electron chi connectivity index (χ4n) is 5.15. The Morgan fingerprint density at radius 2 is 1.83 bits per heavy atom. The molecule has 2 heterocycles. The van der Waals surface area contributed by atoms with Crippen molar-refractivity contribution in [1.29, 1.82) is 0 Å². The Balaban J connectivity index is 1.56. The van der Waals surface area contributed by atoms with Gasteiger partial charge in [0.05, 0.1) is 22.0 Å². The number of amides is 1. The Labute approximate surface area is 208 Å². The molecule has 35 heavy (non-hydrogen) atoms. The maximum atomic E-state index is 13.2. The zero-order chi connectivity index (χ0) is 25.0. The number of carbonyl (C=O) groups is 1. The predicted molar refractivity (Wildman–Crippen MR) is 139 cm³/mol. The van der Waals surface area contributed by atoms with E-state index >= 15 is 0 Å². The number of imidazole rings is 1. The molecule has 3 aromatic rings. The molecule has 0 radical (unpaired) electrons. The molecule has 4 rings (SSSR count). The summed E-state index contributed by atoms with van der Waals surface area (Å²) in [6.07, 6.45) is 3.86. The standard InChI is InChI=1S/C27H36N4O3S/c1-4-18-30-25-15-14-22(35(33,34)29(5-2)6-3)20-23(25)28-26(30)16-17-27(32)31-19-10-13-24(31)21-11-8-7-9-12-21/h7-9,11-12,14-15,20,24H,4-6,10,13,16-19H2,1-3H3/t24-/m0/s1. The Morgan fingerprint density at radius 1 is 1.09 bits per heavy atom. The Hall–Kier alpha value is -2.71. The molecule has 188 valence electrons. The van der Waals surface area contributed by atoms with E-state index in [1.54, 1.807) is 12.1 Å². The molecule has 0 unspecified atom stereocenters. The van der Waals surface area contributed by atoms with E-state index in [1.165, 1.54) is 9.87 Å². The summed E-state index contributed by atoms with van der Waals surface area (Å²) in [5, 5.41) is 0. The number of fused-ring (bicyclic) bond motifs is 1. The van der Waals surface area contributed by atoms with Crippen LogP contribution in [0.1, 0.15) is 63.9 Å². The highest BCUT2D eigenvalue weighted by Gasteiger charge is 2.30. The lowest BCUT2D eigenvalue weighted by Gasteiger charge is -2.25. The molecule has 1 aromatic heterocycles. The van der Waals surface area contributed by atoms with Crippen molar-refractivity contribution in [2.24, 2.45) is 0 Å². The van der Waals surface area contributed by atoms with Gasteiger partial charge >= 0.3 is 0 Å². The van der Waals surface area contributed by atoms with Gasteiger partial charge in [0.15, 0.2) is 0 Å². The highest BCUT2D eigenvalue weighted by molar-refractivity contribution is 7.89. The van der Waals surface area contributed by atoms with Crippen LogP contribution in [0.15, 0.2) is 53.4 Å². The van der Waals surface area contributed by atoms with Gasteiger partial charge in [0.2, 0.25) is 15.9 Å². The highest BCUT2D eigenvalue weighted by atomic mass is 32.2. The largest absolute Gasteiger partial charge is 0.336 e. The zero-order valence-electron chi connectivity index (χ0n) is 21.0. The molecule has 1 aliphatic rings. The van der Waals surface area contributed by atoms with Crippen molar-refractivity contribution in [2.75, 3.05) is 19.6 Å². The summed E-state index contributed by atoms with van der Waals surface area (Å²) >= 11 is 0. The van der Waals surface area contributed by atoms with Gasteiger partial charge in [0.1, 0.15) is 5.82 Å². The van der Waals surface area contributed by atoms with Crippen LogP contribution in [0.5, 0.6) is 0 Å². The molecule has 0 N–H and O–H groups in total. The summed E-state index contributed by atoms with van der Waals surface area (Å²) in [5.74, 6) is 0.985. The van der Waals surface area contributed by atoms with Gasteiger partial charge in [-0.15, -0.1) is 0 Å². The molecular weight excluding hydrogens is 460 g/mol. The van der Waals surface area contributed by atoms with E-state index in [4.69, 9.17) is 4.98 Å². The SMILES string of the molecule is CCCn1c(CCC(=O)N2CCC[C@H]2c2ccccc2)nc2cc(S(=O)(=O)N(CC)CC)ccc21. The van der Waals surface area contributed by atoms with Gasteiger partial charge in [-0.1, -0.05) is 51.1 Å². The normalized spacial score (nSPS) is 16.5. The molecular formula is C27H36N4O3S. The summed E-state index contributed by atoms with van der Waals surface area (Å²) in [7, 11) is -3.55. The first-order chi connectivity index (χ1) is 16.9. The Bertz CT molecular complexity index is 1270. The lowest BCUT2D eigenvalue weighted by atomic mass is 10.0. The van der Waals surface area contributed by atoms with Crippen molar-refractivity contribution < 1.29 is 13.2 Å². The molecule has 0 saturated carbocycles. The van der Waals surface area contributed by atoms with Crippen LogP contribution in [-0.4, -0.2) is 52.7 Å². The van der Waals surface area contributed by atoms with Crippen molar-refractivity contribution in [3.05, 3.63) is 59.9 Å². The molecule has 0 spiro atoms. The van der Waals surface area contributed by atoms with Crippen LogP contribution in [0.3, 0.4) is 0 Å². The first-order valence-corrected chi connectivity index (χ1v) is 14.2. The molecule has 1 saturated heterocycles. The number of nitrogens with zero attached hydrogens (tertiary/aromatic N) is 4. The third-order valence-corrected chi connectivity index (χ3v) is 8.96. The molecule has 0 bridgehead atoms. The molecule has 7 nitrogen and oxygen atoms in total. The number of benzene rings is 2. The van der Waals surface area contributed by atoms with Crippen molar-refractivity contribution in [3.8, 4) is 0 Å². The fourth-order valence-corrected chi connectivity index (χ4v) is 6.62. The summed E-state index contributed by atoms with van der Waals surface area (Å²) < 4.78 is 29.6. The summed E-state index contributed by atoms with van der Waals surface area (Å²) in [6.45, 7) is 8.20. The topological polar surface area (TPSA) is 75.5 Å². The zero-order valence-corrected chi connectivity index (χ0v) is 21.8. The number of hydrogen-bond donors (Lipinski definition) is 0. The molecule has 8 heteroatoms. The van der Waals surface area contributed by atoms with Gasteiger partial charge in [-0.2, -0.15) is 4.31 Å². The van der Waals surface area contributed by atoms with Crippen molar-refractivity contribution in [1.82, 2.24) is 18.8 Å². The molecule has 1 amide bonds. The molecule has 1 aliphatic heterocycles. The predicted octanol–water partition coefficient (Wildman–Crippen LogP) is 4.77. The number of aryl methyl sites for hydroxylation is 2. The van der Waals surface area contributed by atoms with E-state index in [9.17, 15) is 13.2 Å². The molecule has 2 aromatic carbocycles. The van der Waals surface area contributed by atoms with Crippen LogP contribution in [-0.2, 0) is 27.8 Å². The van der Waals surface area contributed by atoms with Gasteiger partial charge in [-0.05, 0) is 43.0 Å². The molecule has 1 atom stereocenters. The lowest BCUT2D eigenvalue weighted by molar-refractivity contribution is -0.132. The second-order valence-corrected chi connectivity index (χ2v) is 11.0. The van der Waals surface area contributed by atoms with E-state index in [0.29, 0.717) is 31.4 Å². The third-order valence-electron chi connectivity index (χ3n) is 6.91. The Morgan fingerprint density at radius 3 is 2.51 bits per heavy atom. The Kier molecular flexibility index (Phi) is 7.91. The summed E-state index contributed by atoms with van der Waals surface area (Å²) in [6, 6.07) is 15.6. The van der Waals surface area contributed by atoms with Crippen LogP contribution in [0.2, 0.25) is 0 Å². The minimum Gasteiger partial charge on any atom is -0.336 e. The first kappa shape index (κ1) is 25.4. The summed E-state index contributed by atoms with van der Waals surface area (Å²) in [4.78, 5) is 20.3. The fraction of sp³-hybridized carbons (Fsp3) is 0.481. The highest BCUT2D eigenvalue weighted by Crippen LogP contribution is 2.32. The van der Waals surface area contributed by atoms with Crippen LogP contribution >= 0.6 is 0 Å². The van der Waals surface area contributed by atoms with Crippen molar-refractivity contribution in [3.63, 3.8) is 0 Å². The second-order valence-electron chi connectivity index (χ2n) is 9.08. The maximum Gasteiger partial charge on any atom is 0.243 e. The van der Waals surface area contributed by atoms with E-state index in [2.05, 4.69) is 23.6 Å². The monoisotopic (exact) mass is 496 g/mol. The van der Waals surface area contributed by atoms with Gasteiger partial charge < -0.3 is 9.47 Å². The van der Waals surface area contributed by atoms with Gasteiger partial charge in [-0.25, -0.2) is 13.4 Å². The number of likely N-dealkylation sites (tertiary alicyclic amines) is 1. The average molecular weight is 497 g/mol. The van der Waals surface area contributed by atoms with Gasteiger partial charge in [0, 0.05) is 39.0 Å². The van der Waals surface area contributed by atoms with Gasteiger partial charge in [-0.3, -0.25) is 4.79 Å². The van der Waals surface area contributed by atoms with Crippen LogP contribution < -0.4 is 0 Å². The van der Waals surface area contributed by atoms with Gasteiger partial charge in [0.25, 0.3) is 0 Å². The van der Waals surface area contributed by atoms with Crippen LogP contribution in [0, 0.1) is 0 Å². The molecule has 0 aliphatic carbocycles. The third kappa shape index (κ3) is 5.14. The van der Waals surface area contributed by atoms with E-state index in [1.807, 2.05) is 43.0 Å². The summed E-state index contributed by atoms with van der Waals surface area (Å²) in [5.41, 5.74) is 2.77. The number of rotatable bonds is 10. The average Bonchev–Trinajstić information content (AvgIpc) is 3.49. The van der Waals surface area contributed by atoms with Crippen LogP contribution in [0.25, 0.3) is 11.0 Å². The van der Waals surface area contributed by atoms with E-state index in [0.717, 1.165) is 43.7 Å². The van der Waals surface area contributed by atoms with Crippen molar-refractivity contribution in [2.45, 2.75) is 70.4 Å². The number of hydrogen-bond acceptors (Lipinski definition) is 4. The second kappa shape index (κ2) is 10.9. The van der Waals surface area contributed by atoms with E-state index in [-0.39, 0.29) is 16.8 Å². The maximum absolute atomic E-state index is 13.2. The van der Waals surface area contributed by atoms with Crippen LogP contribution in [0.4, 0.5) is 0 Å². The van der Waals surface area contributed by atoms with E-state index < -0.39 is 10.0 Å². The quantitative estimate of drug-likeness (QED) is 0.405. The number of sulfonamides is 1. The lowest BCUT2D eigenvalue weighted by Crippen LogP contribution is -2.30. The molecule has 1 fully saturated rings. The first-order valence-electron chi connectivity index (χ1n) is 12.7. The smallest absolute Gasteiger partial charge is 0.243 e. The van der Waals surface area contributed by atoms with Crippen molar-refractivity contribution >= 4 is 27.0 Å². The number of carbonyl (C=O) groups excluding carboxylic acids is 1. The number of aromatic nitrogens is 2.